The highest BCUT2D eigenvalue weighted by molar-refractivity contribution is 6.33. The molecule has 6 heteroatoms. The van der Waals surface area contributed by atoms with Gasteiger partial charge < -0.3 is 15.8 Å². The zero-order valence-corrected chi connectivity index (χ0v) is 12.4. The molecule has 4 nitrogen and oxygen atoms in total. The molecule has 0 aliphatic rings. The quantitative estimate of drug-likeness (QED) is 0.838. The van der Waals surface area contributed by atoms with Gasteiger partial charge in [-0.1, -0.05) is 23.8 Å². The number of alkyl carbamates (subject to hydrolysis) is 1. The van der Waals surface area contributed by atoms with Crippen molar-refractivity contribution >= 4 is 29.5 Å². The Bertz CT molecular complexity index is 525. The van der Waals surface area contributed by atoms with Gasteiger partial charge in [-0.3, -0.25) is 0 Å². The van der Waals surface area contributed by atoms with Crippen LogP contribution in [0.3, 0.4) is 0 Å². The van der Waals surface area contributed by atoms with Crippen molar-refractivity contribution in [2.45, 2.75) is 26.4 Å². The molecule has 0 heterocycles. The normalized spacial score (nSPS) is 11.7. The molecule has 1 aromatic carbocycles. The topological polar surface area (TPSA) is 64.3 Å². The molecule has 0 radical (unpaired) electrons. The lowest BCUT2D eigenvalue weighted by atomic mass is 10.1. The van der Waals surface area contributed by atoms with E-state index in [1.165, 1.54) is 6.07 Å². The summed E-state index contributed by atoms with van der Waals surface area (Å²) < 4.78 is 18.2. The SMILES string of the molecule is CC(C)(C)OC(=O)NCC=Cc1cc(F)cc(Cl)c1N. The number of carbonyl (C=O) groups excluding carboxylic acids is 1. The van der Waals surface area contributed by atoms with Crippen LogP contribution in [0.2, 0.25) is 5.02 Å². The van der Waals surface area contributed by atoms with E-state index in [2.05, 4.69) is 5.32 Å². The van der Waals surface area contributed by atoms with Crippen molar-refractivity contribution in [3.05, 3.63) is 34.6 Å². The molecular formula is C14H18ClFN2O2. The van der Waals surface area contributed by atoms with E-state index < -0.39 is 17.5 Å². The number of nitrogens with two attached hydrogens (primary N) is 1. The smallest absolute Gasteiger partial charge is 0.407 e. The van der Waals surface area contributed by atoms with Crippen molar-refractivity contribution in [1.82, 2.24) is 5.32 Å². The molecule has 0 unspecified atom stereocenters. The Kier molecular flexibility index (Phi) is 5.39. The van der Waals surface area contributed by atoms with Crippen LogP contribution in [0.5, 0.6) is 0 Å². The summed E-state index contributed by atoms with van der Waals surface area (Å²) in [5.41, 5.74) is 5.92. The van der Waals surface area contributed by atoms with Crippen molar-refractivity contribution in [3.63, 3.8) is 0 Å². The molecule has 3 N–H and O–H groups in total. The third-order valence-corrected chi connectivity index (χ3v) is 2.50. The van der Waals surface area contributed by atoms with E-state index in [4.69, 9.17) is 22.1 Å². The Labute approximate surface area is 122 Å². The fourth-order valence-corrected chi connectivity index (χ4v) is 1.60. The van der Waals surface area contributed by atoms with Crippen LogP contribution < -0.4 is 11.1 Å². The minimum Gasteiger partial charge on any atom is -0.444 e. The first kappa shape index (κ1) is 16.3. The predicted molar refractivity (Wildman–Crippen MR) is 79.1 cm³/mol. The molecule has 110 valence electrons. The van der Waals surface area contributed by atoms with E-state index in [-0.39, 0.29) is 11.6 Å². The highest BCUT2D eigenvalue weighted by Gasteiger charge is 2.15. The van der Waals surface area contributed by atoms with E-state index >= 15 is 0 Å². The number of ether oxygens (including phenoxy) is 1. The maximum atomic E-state index is 13.2. The Hall–Kier alpha value is -1.75. The monoisotopic (exact) mass is 300 g/mol. The lowest BCUT2D eigenvalue weighted by Gasteiger charge is -2.19. The van der Waals surface area contributed by atoms with Gasteiger partial charge in [0.25, 0.3) is 0 Å². The van der Waals surface area contributed by atoms with Crippen molar-refractivity contribution in [1.29, 1.82) is 0 Å². The zero-order chi connectivity index (χ0) is 15.3. The number of halogens is 2. The number of carbonyl (C=O) groups is 1. The molecule has 1 amide bonds. The summed E-state index contributed by atoms with van der Waals surface area (Å²) >= 11 is 5.77. The molecule has 0 aromatic heterocycles. The second-order valence-corrected chi connectivity index (χ2v) is 5.58. The third kappa shape index (κ3) is 5.48. The van der Waals surface area contributed by atoms with Crippen LogP contribution in [0.25, 0.3) is 6.08 Å². The van der Waals surface area contributed by atoms with Crippen molar-refractivity contribution in [2.24, 2.45) is 0 Å². The van der Waals surface area contributed by atoms with Gasteiger partial charge in [0.15, 0.2) is 0 Å². The van der Waals surface area contributed by atoms with E-state index in [0.29, 0.717) is 11.3 Å². The Morgan fingerprint density at radius 3 is 2.75 bits per heavy atom. The molecule has 0 bridgehead atoms. The average Bonchev–Trinajstić information content (AvgIpc) is 2.28. The lowest BCUT2D eigenvalue weighted by molar-refractivity contribution is 0.0534. The van der Waals surface area contributed by atoms with Crippen LogP contribution in [-0.4, -0.2) is 18.2 Å². The number of hydrogen-bond acceptors (Lipinski definition) is 3. The first-order valence-corrected chi connectivity index (χ1v) is 6.45. The maximum absolute atomic E-state index is 13.2. The summed E-state index contributed by atoms with van der Waals surface area (Å²) in [6.07, 6.45) is 2.69. The molecule has 0 saturated heterocycles. The molecule has 1 aromatic rings. The van der Waals surface area contributed by atoms with Crippen LogP contribution in [0.1, 0.15) is 26.3 Å². The van der Waals surface area contributed by atoms with E-state index in [9.17, 15) is 9.18 Å². The van der Waals surface area contributed by atoms with Crippen molar-refractivity contribution < 1.29 is 13.9 Å². The summed E-state index contributed by atoms with van der Waals surface area (Å²) in [6.45, 7) is 5.57. The number of anilines is 1. The lowest BCUT2D eigenvalue weighted by Crippen LogP contribution is -2.32. The minimum atomic E-state index is -0.547. The summed E-state index contributed by atoms with van der Waals surface area (Å²) in [6, 6.07) is 2.42. The number of hydrogen-bond donors (Lipinski definition) is 2. The van der Waals surface area contributed by atoms with Gasteiger partial charge in [0.05, 0.1) is 10.7 Å². The highest BCUT2D eigenvalue weighted by atomic mass is 35.5. The Balaban J connectivity index is 2.56. The Morgan fingerprint density at radius 1 is 1.50 bits per heavy atom. The highest BCUT2D eigenvalue weighted by Crippen LogP contribution is 2.25. The predicted octanol–water partition coefficient (Wildman–Crippen LogP) is 3.60. The van der Waals surface area contributed by atoms with Gasteiger partial charge in [0, 0.05) is 12.1 Å². The largest absolute Gasteiger partial charge is 0.444 e. The fourth-order valence-electron chi connectivity index (χ4n) is 1.38. The molecule has 1 rings (SSSR count). The minimum absolute atomic E-state index is 0.157. The first-order valence-electron chi connectivity index (χ1n) is 6.07. The molecule has 0 saturated carbocycles. The number of rotatable bonds is 3. The average molecular weight is 301 g/mol. The van der Waals surface area contributed by atoms with E-state index in [1.54, 1.807) is 32.9 Å². The summed E-state index contributed by atoms with van der Waals surface area (Å²) in [4.78, 5) is 11.4. The van der Waals surface area contributed by atoms with Gasteiger partial charge in [0.2, 0.25) is 0 Å². The molecular weight excluding hydrogens is 283 g/mol. The molecule has 0 atom stereocenters. The molecule has 0 aliphatic heterocycles. The molecule has 0 spiro atoms. The van der Waals surface area contributed by atoms with Crippen molar-refractivity contribution in [3.8, 4) is 0 Å². The van der Waals surface area contributed by atoms with Gasteiger partial charge >= 0.3 is 6.09 Å². The van der Waals surface area contributed by atoms with Crippen LogP contribution in [0.4, 0.5) is 14.9 Å². The second-order valence-electron chi connectivity index (χ2n) is 5.18. The molecule has 20 heavy (non-hydrogen) atoms. The van der Waals surface area contributed by atoms with Crippen LogP contribution in [0, 0.1) is 5.82 Å². The van der Waals surface area contributed by atoms with Crippen molar-refractivity contribution in [2.75, 3.05) is 12.3 Å². The summed E-state index contributed by atoms with van der Waals surface area (Å²) in [5.74, 6) is -0.469. The van der Waals surface area contributed by atoms with Gasteiger partial charge in [-0.2, -0.15) is 0 Å². The maximum Gasteiger partial charge on any atom is 0.407 e. The van der Waals surface area contributed by atoms with Crippen LogP contribution in [0.15, 0.2) is 18.2 Å². The second kappa shape index (κ2) is 6.61. The van der Waals surface area contributed by atoms with Gasteiger partial charge in [0.1, 0.15) is 11.4 Å². The summed E-state index contributed by atoms with van der Waals surface area (Å²) in [5, 5.41) is 2.70. The molecule has 0 aliphatic carbocycles. The zero-order valence-electron chi connectivity index (χ0n) is 11.7. The molecule has 0 fully saturated rings. The van der Waals surface area contributed by atoms with Gasteiger partial charge in [-0.25, -0.2) is 9.18 Å². The summed E-state index contributed by atoms with van der Waals surface area (Å²) in [7, 11) is 0. The fraction of sp³-hybridized carbons (Fsp3) is 0.357. The van der Waals surface area contributed by atoms with E-state index in [1.807, 2.05) is 0 Å². The number of nitrogens with one attached hydrogen (secondary N) is 1. The number of amides is 1. The standard InChI is InChI=1S/C14H18ClFN2O2/c1-14(2,3)20-13(19)18-6-4-5-9-7-10(16)8-11(15)12(9)17/h4-5,7-8H,6,17H2,1-3H3,(H,18,19). The third-order valence-electron chi connectivity index (χ3n) is 2.19. The van der Waals surface area contributed by atoms with Crippen LogP contribution >= 0.6 is 11.6 Å². The van der Waals surface area contributed by atoms with Gasteiger partial charge in [-0.05, 0) is 32.9 Å². The number of benzene rings is 1. The van der Waals surface area contributed by atoms with Gasteiger partial charge in [-0.15, -0.1) is 0 Å². The van der Waals surface area contributed by atoms with E-state index in [0.717, 1.165) is 6.07 Å². The van der Waals surface area contributed by atoms with Crippen LogP contribution in [-0.2, 0) is 4.74 Å². The Morgan fingerprint density at radius 2 is 2.15 bits per heavy atom. The first-order chi connectivity index (χ1) is 9.19. The number of nitrogen functional groups attached to an aromatic ring is 1.